The van der Waals surface area contributed by atoms with Crippen LogP contribution in [0.15, 0.2) is 12.3 Å². The quantitative estimate of drug-likeness (QED) is 0.626. The van der Waals surface area contributed by atoms with Crippen LogP contribution in [-0.4, -0.2) is 16.1 Å². The van der Waals surface area contributed by atoms with Gasteiger partial charge in [0.2, 0.25) is 5.88 Å². The van der Waals surface area contributed by atoms with E-state index < -0.39 is 6.09 Å². The number of carbonyl (C=O) groups is 1. The summed E-state index contributed by atoms with van der Waals surface area (Å²) in [6.07, 6.45) is 0.615. The van der Waals surface area contributed by atoms with E-state index >= 15 is 0 Å². The van der Waals surface area contributed by atoms with Crippen molar-refractivity contribution in [3.05, 3.63) is 18.1 Å². The van der Waals surface area contributed by atoms with Crippen molar-refractivity contribution in [2.24, 2.45) is 5.73 Å². The first-order valence-electron chi connectivity index (χ1n) is 2.95. The fraction of sp³-hybridized carbons (Fsp3) is 0.167. The number of nitrogens with zero attached hydrogens (tertiary/aromatic N) is 2. The third kappa shape index (κ3) is 2.21. The van der Waals surface area contributed by atoms with Gasteiger partial charge < -0.3 is 10.5 Å². The highest BCUT2D eigenvalue weighted by Gasteiger charge is 1.98. The minimum absolute atomic E-state index is 0.171. The SMILES string of the molecule is Cc1nccc(OC(N)=O)n1. The Kier molecular flexibility index (Phi) is 2.00. The van der Waals surface area contributed by atoms with E-state index in [2.05, 4.69) is 14.7 Å². The van der Waals surface area contributed by atoms with Crippen LogP contribution in [-0.2, 0) is 0 Å². The Balaban J connectivity index is 2.79. The molecule has 0 saturated heterocycles. The first-order valence-corrected chi connectivity index (χ1v) is 2.95. The number of aryl methyl sites for hydroxylation is 1. The Bertz CT molecular complexity index is 274. The predicted octanol–water partition coefficient (Wildman–Crippen LogP) is 0.243. The number of carbonyl (C=O) groups excluding carboxylic acids is 1. The lowest BCUT2D eigenvalue weighted by Crippen LogP contribution is -2.17. The summed E-state index contributed by atoms with van der Waals surface area (Å²) in [5.74, 6) is 0.703. The van der Waals surface area contributed by atoms with E-state index in [-0.39, 0.29) is 5.88 Å². The second-order valence-electron chi connectivity index (χ2n) is 1.86. The van der Waals surface area contributed by atoms with Crippen LogP contribution >= 0.6 is 0 Å². The second kappa shape index (κ2) is 2.96. The Morgan fingerprint density at radius 1 is 1.73 bits per heavy atom. The molecule has 0 radical (unpaired) electrons. The third-order valence-electron chi connectivity index (χ3n) is 0.956. The van der Waals surface area contributed by atoms with Gasteiger partial charge in [-0.1, -0.05) is 0 Å². The summed E-state index contributed by atoms with van der Waals surface area (Å²) in [7, 11) is 0. The maximum absolute atomic E-state index is 10.2. The van der Waals surface area contributed by atoms with Crippen LogP contribution in [0.1, 0.15) is 5.82 Å². The van der Waals surface area contributed by atoms with E-state index in [4.69, 9.17) is 5.73 Å². The Labute approximate surface area is 63.2 Å². The lowest BCUT2D eigenvalue weighted by atomic mass is 10.6. The first kappa shape index (κ1) is 7.46. The summed E-state index contributed by atoms with van der Waals surface area (Å²) >= 11 is 0. The molecule has 0 atom stereocenters. The van der Waals surface area contributed by atoms with Gasteiger partial charge in [-0.15, -0.1) is 0 Å². The van der Waals surface area contributed by atoms with E-state index in [9.17, 15) is 4.79 Å². The number of aromatic nitrogens is 2. The number of amides is 1. The summed E-state index contributed by atoms with van der Waals surface area (Å²) in [5.41, 5.74) is 4.75. The number of nitrogens with two attached hydrogens (primary N) is 1. The van der Waals surface area contributed by atoms with Gasteiger partial charge in [0, 0.05) is 12.3 Å². The molecule has 0 bridgehead atoms. The molecule has 1 amide bonds. The third-order valence-corrected chi connectivity index (χ3v) is 0.956. The number of hydrogen-bond acceptors (Lipinski definition) is 4. The van der Waals surface area contributed by atoms with Crippen LogP contribution in [0.5, 0.6) is 5.88 Å². The van der Waals surface area contributed by atoms with E-state index in [1.165, 1.54) is 12.3 Å². The minimum atomic E-state index is -0.872. The molecular weight excluding hydrogens is 146 g/mol. The zero-order chi connectivity index (χ0) is 8.27. The summed E-state index contributed by atoms with van der Waals surface area (Å²) < 4.78 is 4.48. The lowest BCUT2D eigenvalue weighted by Gasteiger charge is -1.97. The van der Waals surface area contributed by atoms with Gasteiger partial charge in [0.1, 0.15) is 5.82 Å². The largest absolute Gasteiger partial charge is 0.411 e. The van der Waals surface area contributed by atoms with Crippen molar-refractivity contribution >= 4 is 6.09 Å². The molecule has 0 spiro atoms. The van der Waals surface area contributed by atoms with Crippen LogP contribution in [0.3, 0.4) is 0 Å². The van der Waals surface area contributed by atoms with Gasteiger partial charge in [0.15, 0.2) is 0 Å². The molecule has 0 aliphatic heterocycles. The maximum atomic E-state index is 10.2. The molecule has 58 valence electrons. The zero-order valence-electron chi connectivity index (χ0n) is 5.94. The molecule has 1 aromatic rings. The highest BCUT2D eigenvalue weighted by molar-refractivity contribution is 5.67. The molecule has 0 aromatic carbocycles. The van der Waals surface area contributed by atoms with Gasteiger partial charge >= 0.3 is 6.09 Å². The van der Waals surface area contributed by atoms with Gasteiger partial charge in [-0.3, -0.25) is 0 Å². The van der Waals surface area contributed by atoms with Gasteiger partial charge in [0.05, 0.1) is 0 Å². The second-order valence-corrected chi connectivity index (χ2v) is 1.86. The molecule has 0 unspecified atom stereocenters. The fourth-order valence-corrected chi connectivity index (χ4v) is 0.594. The molecule has 0 aliphatic rings. The van der Waals surface area contributed by atoms with E-state index in [0.29, 0.717) is 5.82 Å². The average molecular weight is 153 g/mol. The molecule has 5 heteroatoms. The molecule has 0 aliphatic carbocycles. The molecule has 5 nitrogen and oxygen atoms in total. The summed E-state index contributed by atoms with van der Waals surface area (Å²) in [4.78, 5) is 17.8. The van der Waals surface area contributed by atoms with Gasteiger partial charge in [-0.2, -0.15) is 4.98 Å². The van der Waals surface area contributed by atoms with Gasteiger partial charge in [0.25, 0.3) is 0 Å². The topological polar surface area (TPSA) is 78.1 Å². The predicted molar refractivity (Wildman–Crippen MR) is 37.0 cm³/mol. The molecule has 1 aromatic heterocycles. The standard InChI is InChI=1S/C6H7N3O2/c1-4-8-3-2-5(9-4)11-6(7)10/h2-3H,1H3,(H2,7,10). The number of primary amides is 1. The average Bonchev–Trinajstić information content (AvgIpc) is 1.85. The summed E-state index contributed by atoms with van der Waals surface area (Å²) in [6, 6.07) is 1.46. The smallest absolute Gasteiger partial charge is 0.391 e. The van der Waals surface area contributed by atoms with Crippen molar-refractivity contribution in [2.45, 2.75) is 6.92 Å². The highest BCUT2D eigenvalue weighted by Crippen LogP contribution is 2.03. The first-order chi connectivity index (χ1) is 5.18. The molecule has 0 fully saturated rings. The van der Waals surface area contributed by atoms with E-state index in [1.54, 1.807) is 6.92 Å². The van der Waals surface area contributed by atoms with Crippen LogP contribution in [0, 0.1) is 6.92 Å². The van der Waals surface area contributed by atoms with E-state index in [1.807, 2.05) is 0 Å². The van der Waals surface area contributed by atoms with Crippen molar-refractivity contribution in [3.8, 4) is 5.88 Å². The molecule has 1 rings (SSSR count). The Morgan fingerprint density at radius 3 is 3.00 bits per heavy atom. The van der Waals surface area contributed by atoms with Crippen molar-refractivity contribution in [1.29, 1.82) is 0 Å². The molecule has 11 heavy (non-hydrogen) atoms. The Morgan fingerprint density at radius 2 is 2.45 bits per heavy atom. The normalized spacial score (nSPS) is 9.18. The highest BCUT2D eigenvalue weighted by atomic mass is 16.6. The maximum Gasteiger partial charge on any atom is 0.411 e. The number of ether oxygens (including phenoxy) is 1. The van der Waals surface area contributed by atoms with Crippen molar-refractivity contribution in [1.82, 2.24) is 9.97 Å². The van der Waals surface area contributed by atoms with Crippen LogP contribution in [0.25, 0.3) is 0 Å². The molecule has 0 saturated carbocycles. The van der Waals surface area contributed by atoms with Crippen molar-refractivity contribution in [2.75, 3.05) is 0 Å². The summed E-state index contributed by atoms with van der Waals surface area (Å²) in [5, 5.41) is 0. The lowest BCUT2D eigenvalue weighted by molar-refractivity contribution is 0.209. The molecule has 1 heterocycles. The van der Waals surface area contributed by atoms with Crippen LogP contribution in [0.4, 0.5) is 4.79 Å². The van der Waals surface area contributed by atoms with Gasteiger partial charge in [-0.25, -0.2) is 9.78 Å². The number of rotatable bonds is 1. The van der Waals surface area contributed by atoms with Gasteiger partial charge in [-0.05, 0) is 6.92 Å². The fourth-order valence-electron chi connectivity index (χ4n) is 0.594. The zero-order valence-corrected chi connectivity index (χ0v) is 5.94. The van der Waals surface area contributed by atoms with Crippen molar-refractivity contribution < 1.29 is 9.53 Å². The van der Waals surface area contributed by atoms with Crippen molar-refractivity contribution in [3.63, 3.8) is 0 Å². The number of hydrogen-bond donors (Lipinski definition) is 1. The molecular formula is C6H7N3O2. The summed E-state index contributed by atoms with van der Waals surface area (Å²) in [6.45, 7) is 1.69. The monoisotopic (exact) mass is 153 g/mol. The van der Waals surface area contributed by atoms with E-state index in [0.717, 1.165) is 0 Å². The van der Waals surface area contributed by atoms with Crippen LogP contribution < -0.4 is 10.5 Å². The molecule has 2 N–H and O–H groups in total. The Hall–Kier alpha value is -1.65. The minimum Gasteiger partial charge on any atom is -0.391 e. The van der Waals surface area contributed by atoms with Crippen LogP contribution in [0.2, 0.25) is 0 Å².